The van der Waals surface area contributed by atoms with E-state index in [1.807, 2.05) is 18.2 Å². The molecule has 8 nitrogen and oxygen atoms in total. The van der Waals surface area contributed by atoms with E-state index in [1.54, 1.807) is 11.0 Å². The van der Waals surface area contributed by atoms with Gasteiger partial charge in [-0.25, -0.2) is 0 Å². The highest BCUT2D eigenvalue weighted by atomic mass is 35.5. The normalized spacial score (nSPS) is 16.7. The Morgan fingerprint density at radius 2 is 1.77 bits per heavy atom. The number of halogens is 1. The van der Waals surface area contributed by atoms with Gasteiger partial charge in [-0.15, -0.1) is 0 Å². The largest absolute Gasteiger partial charge is 0.359 e. The van der Waals surface area contributed by atoms with Crippen molar-refractivity contribution < 1.29 is 9.85 Å². The van der Waals surface area contributed by atoms with Crippen molar-refractivity contribution >= 4 is 28.7 Å². The molecule has 1 aliphatic heterocycles. The van der Waals surface area contributed by atoms with Crippen molar-refractivity contribution in [1.82, 2.24) is 5.32 Å². The SMILES string of the molecule is O=[N+]([O-])c1cccc([N+](=O)[O-])c1N1CC[C@@H](NCc2cccc(Cl)c2)C1. The van der Waals surface area contributed by atoms with Crippen molar-refractivity contribution in [2.45, 2.75) is 19.0 Å². The lowest BCUT2D eigenvalue weighted by Gasteiger charge is -2.19. The third-order valence-electron chi connectivity index (χ3n) is 4.38. The Morgan fingerprint density at radius 1 is 1.12 bits per heavy atom. The molecule has 0 saturated carbocycles. The van der Waals surface area contributed by atoms with E-state index >= 15 is 0 Å². The van der Waals surface area contributed by atoms with Crippen LogP contribution in [-0.2, 0) is 6.54 Å². The summed E-state index contributed by atoms with van der Waals surface area (Å²) in [4.78, 5) is 23.2. The van der Waals surface area contributed by atoms with E-state index in [0.29, 0.717) is 24.7 Å². The van der Waals surface area contributed by atoms with Gasteiger partial charge in [0.25, 0.3) is 11.4 Å². The Bertz CT molecular complexity index is 813. The number of para-hydroxylation sites is 1. The summed E-state index contributed by atoms with van der Waals surface area (Å²) in [5.74, 6) is 0. The van der Waals surface area contributed by atoms with Crippen LogP contribution in [0.15, 0.2) is 42.5 Å². The van der Waals surface area contributed by atoms with Crippen molar-refractivity contribution in [3.8, 4) is 0 Å². The minimum Gasteiger partial charge on any atom is -0.359 e. The molecule has 1 heterocycles. The highest BCUT2D eigenvalue weighted by Gasteiger charge is 2.33. The lowest BCUT2D eigenvalue weighted by atomic mass is 10.2. The first-order chi connectivity index (χ1) is 12.5. The number of nitrogens with zero attached hydrogens (tertiary/aromatic N) is 3. The van der Waals surface area contributed by atoms with Crippen molar-refractivity contribution in [2.75, 3.05) is 18.0 Å². The fourth-order valence-corrected chi connectivity index (χ4v) is 3.39. The lowest BCUT2D eigenvalue weighted by Crippen LogP contribution is -2.32. The van der Waals surface area contributed by atoms with E-state index < -0.39 is 9.85 Å². The number of hydrogen-bond acceptors (Lipinski definition) is 6. The molecule has 3 rings (SSSR count). The molecule has 0 unspecified atom stereocenters. The van der Waals surface area contributed by atoms with Gasteiger partial charge in [0.05, 0.1) is 9.85 Å². The molecule has 136 valence electrons. The van der Waals surface area contributed by atoms with Crippen LogP contribution in [-0.4, -0.2) is 29.0 Å². The van der Waals surface area contributed by atoms with E-state index in [4.69, 9.17) is 11.6 Å². The first kappa shape index (κ1) is 18.1. The van der Waals surface area contributed by atoms with E-state index in [9.17, 15) is 20.2 Å². The van der Waals surface area contributed by atoms with Crippen LogP contribution in [0.4, 0.5) is 17.1 Å². The van der Waals surface area contributed by atoms with Gasteiger partial charge in [-0.3, -0.25) is 20.2 Å². The molecule has 1 aliphatic rings. The summed E-state index contributed by atoms with van der Waals surface area (Å²) in [6.07, 6.45) is 0.740. The van der Waals surface area contributed by atoms with Crippen molar-refractivity contribution in [3.63, 3.8) is 0 Å². The predicted octanol–water partition coefficient (Wildman–Crippen LogP) is 3.52. The summed E-state index contributed by atoms with van der Waals surface area (Å²) < 4.78 is 0. The van der Waals surface area contributed by atoms with Gasteiger partial charge in [-0.2, -0.15) is 0 Å². The first-order valence-corrected chi connectivity index (χ1v) is 8.48. The Kier molecular flexibility index (Phi) is 5.34. The molecule has 9 heteroatoms. The van der Waals surface area contributed by atoms with Gasteiger partial charge in [-0.1, -0.05) is 23.7 Å². The van der Waals surface area contributed by atoms with Gasteiger partial charge in [0.2, 0.25) is 0 Å². The second-order valence-corrected chi connectivity index (χ2v) is 6.54. The zero-order chi connectivity index (χ0) is 18.7. The minimum absolute atomic E-state index is 0.0772. The summed E-state index contributed by atoms with van der Waals surface area (Å²) in [5.41, 5.74) is 0.631. The molecule has 2 aromatic rings. The zero-order valence-corrected chi connectivity index (χ0v) is 14.6. The smallest absolute Gasteiger partial charge is 0.299 e. The summed E-state index contributed by atoms with van der Waals surface area (Å²) in [7, 11) is 0. The average Bonchev–Trinajstić information content (AvgIpc) is 3.08. The molecule has 26 heavy (non-hydrogen) atoms. The van der Waals surface area contributed by atoms with Crippen LogP contribution in [0, 0.1) is 20.2 Å². The maximum absolute atomic E-state index is 11.3. The number of hydrogen-bond donors (Lipinski definition) is 1. The van der Waals surface area contributed by atoms with Gasteiger partial charge in [0.15, 0.2) is 5.69 Å². The van der Waals surface area contributed by atoms with Gasteiger partial charge in [-0.05, 0) is 30.2 Å². The highest BCUT2D eigenvalue weighted by molar-refractivity contribution is 6.30. The summed E-state index contributed by atoms with van der Waals surface area (Å²) in [5, 5.41) is 26.7. The highest BCUT2D eigenvalue weighted by Crippen LogP contribution is 2.38. The molecule has 0 radical (unpaired) electrons. The summed E-state index contributed by atoms with van der Waals surface area (Å²) >= 11 is 5.97. The second kappa shape index (κ2) is 7.67. The second-order valence-electron chi connectivity index (χ2n) is 6.10. The molecule has 2 aromatic carbocycles. The predicted molar refractivity (Wildman–Crippen MR) is 98.7 cm³/mol. The first-order valence-electron chi connectivity index (χ1n) is 8.10. The van der Waals surface area contributed by atoms with E-state index in [2.05, 4.69) is 5.32 Å². The summed E-state index contributed by atoms with van der Waals surface area (Å²) in [6, 6.07) is 11.5. The van der Waals surface area contributed by atoms with Gasteiger partial charge < -0.3 is 10.2 Å². The molecule has 1 atom stereocenters. The van der Waals surface area contributed by atoms with Crippen molar-refractivity contribution in [1.29, 1.82) is 0 Å². The number of nitrogens with one attached hydrogen (secondary N) is 1. The Morgan fingerprint density at radius 3 is 2.38 bits per heavy atom. The Labute approximate surface area is 154 Å². The zero-order valence-electron chi connectivity index (χ0n) is 13.8. The quantitative estimate of drug-likeness (QED) is 0.611. The van der Waals surface area contributed by atoms with Crippen LogP contribution < -0.4 is 10.2 Å². The molecule has 0 aromatic heterocycles. The number of anilines is 1. The molecule has 0 aliphatic carbocycles. The summed E-state index contributed by atoms with van der Waals surface area (Å²) in [6.45, 7) is 1.59. The lowest BCUT2D eigenvalue weighted by molar-refractivity contribution is -0.392. The van der Waals surface area contributed by atoms with Gasteiger partial charge >= 0.3 is 0 Å². The maximum atomic E-state index is 11.3. The van der Waals surface area contributed by atoms with Crippen LogP contribution in [0.3, 0.4) is 0 Å². The topological polar surface area (TPSA) is 102 Å². The van der Waals surface area contributed by atoms with Crippen molar-refractivity contribution in [3.05, 3.63) is 73.3 Å². The van der Waals surface area contributed by atoms with Gasteiger partial charge in [0.1, 0.15) is 0 Å². The Balaban J connectivity index is 1.74. The third kappa shape index (κ3) is 3.92. The van der Waals surface area contributed by atoms with E-state index in [0.717, 1.165) is 12.0 Å². The minimum atomic E-state index is -0.574. The monoisotopic (exact) mass is 376 g/mol. The molecule has 1 fully saturated rings. The van der Waals surface area contributed by atoms with Crippen LogP contribution >= 0.6 is 11.6 Å². The van der Waals surface area contributed by atoms with Crippen LogP contribution in [0.1, 0.15) is 12.0 Å². The average molecular weight is 377 g/mol. The van der Waals surface area contributed by atoms with Crippen molar-refractivity contribution in [2.24, 2.45) is 0 Å². The van der Waals surface area contributed by atoms with Crippen LogP contribution in [0.2, 0.25) is 5.02 Å². The standard InChI is InChI=1S/C17H17ClN4O4/c18-13-4-1-3-12(9-13)10-19-14-7-8-20(11-14)17-15(21(23)24)5-2-6-16(17)22(25)26/h1-6,9,14,19H,7-8,10-11H2/t14-/m1/s1. The third-order valence-corrected chi connectivity index (χ3v) is 4.61. The maximum Gasteiger partial charge on any atom is 0.299 e. The van der Waals surface area contributed by atoms with Crippen LogP contribution in [0.5, 0.6) is 0 Å². The molecular weight excluding hydrogens is 360 g/mol. The Hall–Kier alpha value is -2.71. The number of nitro groups is 2. The molecule has 0 spiro atoms. The molecule has 0 bridgehead atoms. The molecular formula is C17H17ClN4O4. The number of rotatable bonds is 6. The fourth-order valence-electron chi connectivity index (χ4n) is 3.18. The van der Waals surface area contributed by atoms with Gasteiger partial charge in [0, 0.05) is 42.8 Å². The molecule has 1 N–H and O–H groups in total. The number of nitro benzene ring substituents is 2. The molecule has 0 amide bonds. The van der Waals surface area contributed by atoms with E-state index in [-0.39, 0.29) is 23.1 Å². The fraction of sp³-hybridized carbons (Fsp3) is 0.294. The van der Waals surface area contributed by atoms with Crippen LogP contribution in [0.25, 0.3) is 0 Å². The van der Waals surface area contributed by atoms with E-state index in [1.165, 1.54) is 18.2 Å². The molecule has 1 saturated heterocycles. The number of benzene rings is 2.